The van der Waals surface area contributed by atoms with Gasteiger partial charge >= 0.3 is 0 Å². The number of rotatable bonds is 3. The Balaban J connectivity index is 2.24. The van der Waals surface area contributed by atoms with Crippen LogP contribution < -0.4 is 0 Å². The highest BCUT2D eigenvalue weighted by atomic mass is 32.2. The van der Waals surface area contributed by atoms with Gasteiger partial charge in [0, 0.05) is 17.2 Å². The minimum absolute atomic E-state index is 0.0219. The molecule has 1 aromatic carbocycles. The molecule has 0 spiro atoms. The summed E-state index contributed by atoms with van der Waals surface area (Å²) in [5.41, 5.74) is 1.14. The molecule has 0 saturated carbocycles. The summed E-state index contributed by atoms with van der Waals surface area (Å²) in [7, 11) is 0. The van der Waals surface area contributed by atoms with Gasteiger partial charge in [0.1, 0.15) is 0 Å². The molecule has 1 aliphatic heterocycles. The van der Waals surface area contributed by atoms with Gasteiger partial charge in [0.15, 0.2) is 4.32 Å². The van der Waals surface area contributed by atoms with Gasteiger partial charge < -0.3 is 0 Å². The fourth-order valence-corrected chi connectivity index (χ4v) is 2.45. The van der Waals surface area contributed by atoms with E-state index < -0.39 is 4.92 Å². The molecule has 0 bridgehead atoms. The third-order valence-corrected chi connectivity index (χ3v) is 3.82. The Kier molecular flexibility index (Phi) is 3.91. The lowest BCUT2D eigenvalue weighted by atomic mass is 10.1. The number of hydrogen-bond acceptors (Lipinski definition) is 6. The third-order valence-electron chi connectivity index (χ3n) is 2.48. The van der Waals surface area contributed by atoms with E-state index in [0.29, 0.717) is 15.4 Å². The van der Waals surface area contributed by atoms with Crippen molar-refractivity contribution < 1.29 is 9.72 Å². The first-order valence-electron chi connectivity index (χ1n) is 5.28. The molecule has 1 amide bonds. The van der Waals surface area contributed by atoms with E-state index in [1.165, 1.54) is 24.0 Å². The largest absolute Gasteiger partial charge is 0.272 e. The van der Waals surface area contributed by atoms with Crippen molar-refractivity contribution in [2.75, 3.05) is 5.75 Å². The van der Waals surface area contributed by atoms with Crippen molar-refractivity contribution in [3.8, 4) is 0 Å². The molecule has 1 fully saturated rings. The average Bonchev–Trinajstić information content (AvgIpc) is 2.68. The molecule has 6 nitrogen and oxygen atoms in total. The second kappa shape index (κ2) is 5.45. The fraction of sp³-hybridized carbons (Fsp3) is 0.182. The maximum Gasteiger partial charge on any atom is 0.272 e. The van der Waals surface area contributed by atoms with Crippen LogP contribution in [0.4, 0.5) is 5.69 Å². The Bertz CT molecular complexity index is 585. The predicted molar refractivity (Wildman–Crippen MR) is 77.3 cm³/mol. The van der Waals surface area contributed by atoms with Gasteiger partial charge in [0.05, 0.1) is 16.9 Å². The quantitative estimate of drug-likeness (QED) is 0.369. The van der Waals surface area contributed by atoms with Gasteiger partial charge in [-0.25, -0.2) is 0 Å². The van der Waals surface area contributed by atoms with E-state index in [4.69, 9.17) is 12.2 Å². The van der Waals surface area contributed by atoms with Crippen LogP contribution in [0, 0.1) is 17.0 Å². The van der Waals surface area contributed by atoms with Crippen LogP contribution in [0.3, 0.4) is 0 Å². The van der Waals surface area contributed by atoms with Crippen LogP contribution in [-0.4, -0.2) is 32.1 Å². The monoisotopic (exact) mass is 295 g/mol. The maximum absolute atomic E-state index is 11.4. The van der Waals surface area contributed by atoms with E-state index in [1.807, 2.05) is 0 Å². The van der Waals surface area contributed by atoms with Crippen molar-refractivity contribution in [2.45, 2.75) is 6.92 Å². The number of hydrazone groups is 1. The highest BCUT2D eigenvalue weighted by molar-refractivity contribution is 8.23. The van der Waals surface area contributed by atoms with Crippen LogP contribution in [0.5, 0.6) is 0 Å². The van der Waals surface area contributed by atoms with E-state index in [-0.39, 0.29) is 17.3 Å². The van der Waals surface area contributed by atoms with Crippen molar-refractivity contribution in [3.63, 3.8) is 0 Å². The van der Waals surface area contributed by atoms with Crippen LogP contribution in [0.2, 0.25) is 0 Å². The zero-order chi connectivity index (χ0) is 14.0. The highest BCUT2D eigenvalue weighted by Gasteiger charge is 2.26. The van der Waals surface area contributed by atoms with Gasteiger partial charge in [-0.15, -0.1) is 0 Å². The highest BCUT2D eigenvalue weighted by Crippen LogP contribution is 2.21. The number of nitro benzene ring substituents is 1. The molecule has 8 heteroatoms. The Morgan fingerprint density at radius 1 is 1.58 bits per heavy atom. The Labute approximate surface area is 118 Å². The number of benzene rings is 1. The summed E-state index contributed by atoms with van der Waals surface area (Å²) in [5, 5.41) is 15.9. The molecule has 1 aliphatic rings. The summed E-state index contributed by atoms with van der Waals surface area (Å²) in [4.78, 5) is 21.8. The Morgan fingerprint density at radius 3 is 2.89 bits per heavy atom. The molecule has 0 radical (unpaired) electrons. The van der Waals surface area contributed by atoms with Gasteiger partial charge in [-0.2, -0.15) is 10.1 Å². The van der Waals surface area contributed by atoms with Crippen LogP contribution in [0.15, 0.2) is 23.3 Å². The molecule has 2 rings (SSSR count). The van der Waals surface area contributed by atoms with Crippen LogP contribution in [0.25, 0.3) is 0 Å². The summed E-state index contributed by atoms with van der Waals surface area (Å²) in [5.74, 6) is 0.0948. The number of carbonyl (C=O) groups is 1. The summed E-state index contributed by atoms with van der Waals surface area (Å²) in [6.07, 6.45) is 1.39. The number of aryl methyl sites for hydroxylation is 1. The van der Waals surface area contributed by atoms with Gasteiger partial charge in [-0.3, -0.25) is 14.9 Å². The number of carbonyl (C=O) groups excluding carboxylic acids is 1. The summed E-state index contributed by atoms with van der Waals surface area (Å²) < 4.78 is 0.392. The Hall–Kier alpha value is -1.80. The van der Waals surface area contributed by atoms with Gasteiger partial charge in [0.25, 0.3) is 11.6 Å². The van der Waals surface area contributed by atoms with E-state index >= 15 is 0 Å². The SMILES string of the molecule is Cc1ccc(/C=N\N2C(=O)CSC2=S)cc1[N+](=O)[O-]. The topological polar surface area (TPSA) is 75.8 Å². The van der Waals surface area contributed by atoms with Gasteiger partial charge in [0.2, 0.25) is 0 Å². The van der Waals surface area contributed by atoms with Gasteiger partial charge in [-0.1, -0.05) is 36.1 Å². The zero-order valence-corrected chi connectivity index (χ0v) is 11.5. The van der Waals surface area contributed by atoms with E-state index in [1.54, 1.807) is 19.1 Å². The lowest BCUT2D eigenvalue weighted by molar-refractivity contribution is -0.385. The number of thioether (sulfide) groups is 1. The fourth-order valence-electron chi connectivity index (χ4n) is 1.49. The minimum atomic E-state index is -0.450. The van der Waals surface area contributed by atoms with Crippen molar-refractivity contribution in [1.82, 2.24) is 5.01 Å². The molecule has 0 aromatic heterocycles. The zero-order valence-electron chi connectivity index (χ0n) is 9.90. The first-order chi connectivity index (χ1) is 8.99. The summed E-state index contributed by atoms with van der Waals surface area (Å²) in [6, 6.07) is 4.75. The average molecular weight is 295 g/mol. The van der Waals surface area contributed by atoms with Crippen molar-refractivity contribution >= 4 is 46.1 Å². The molecule has 1 heterocycles. The van der Waals surface area contributed by atoms with Crippen molar-refractivity contribution in [2.24, 2.45) is 5.10 Å². The first-order valence-corrected chi connectivity index (χ1v) is 6.67. The van der Waals surface area contributed by atoms with E-state index in [9.17, 15) is 14.9 Å². The molecule has 98 valence electrons. The van der Waals surface area contributed by atoms with Crippen LogP contribution >= 0.6 is 24.0 Å². The molecule has 0 unspecified atom stereocenters. The number of amides is 1. The number of thiocarbonyl (C=S) groups is 1. The van der Waals surface area contributed by atoms with E-state index in [0.717, 1.165) is 5.01 Å². The summed E-state index contributed by atoms with van der Waals surface area (Å²) in [6.45, 7) is 1.66. The standard InChI is InChI=1S/C11H9N3O3S2/c1-7-2-3-8(4-9(7)14(16)17)5-12-13-10(15)6-19-11(13)18/h2-5H,6H2,1H3/b12-5-. The molecular formula is C11H9N3O3S2. The second-order valence-electron chi connectivity index (χ2n) is 3.81. The van der Waals surface area contributed by atoms with Crippen molar-refractivity contribution in [3.05, 3.63) is 39.4 Å². The molecular weight excluding hydrogens is 286 g/mol. The number of hydrogen-bond donors (Lipinski definition) is 0. The van der Waals surface area contributed by atoms with E-state index in [2.05, 4.69) is 5.10 Å². The smallest absolute Gasteiger partial charge is 0.272 e. The van der Waals surface area contributed by atoms with Gasteiger partial charge in [-0.05, 0) is 6.92 Å². The molecule has 0 aliphatic carbocycles. The molecule has 0 N–H and O–H groups in total. The number of nitrogens with zero attached hydrogens (tertiary/aromatic N) is 3. The van der Waals surface area contributed by atoms with Crippen molar-refractivity contribution in [1.29, 1.82) is 0 Å². The first kappa shape index (κ1) is 13.6. The van der Waals surface area contributed by atoms with Crippen LogP contribution in [-0.2, 0) is 4.79 Å². The van der Waals surface area contributed by atoms with Crippen LogP contribution in [0.1, 0.15) is 11.1 Å². The second-order valence-corrected chi connectivity index (χ2v) is 5.42. The minimum Gasteiger partial charge on any atom is -0.272 e. The maximum atomic E-state index is 11.4. The normalized spacial score (nSPS) is 15.5. The summed E-state index contributed by atoms with van der Waals surface area (Å²) >= 11 is 6.21. The number of nitro groups is 1. The molecule has 19 heavy (non-hydrogen) atoms. The lowest BCUT2D eigenvalue weighted by Crippen LogP contribution is -2.22. The molecule has 1 aromatic rings. The molecule has 1 saturated heterocycles. The Morgan fingerprint density at radius 2 is 2.32 bits per heavy atom. The lowest BCUT2D eigenvalue weighted by Gasteiger charge is -2.06. The third kappa shape index (κ3) is 2.96. The molecule has 0 atom stereocenters. The predicted octanol–water partition coefficient (Wildman–Crippen LogP) is 2.10.